The van der Waals surface area contributed by atoms with Crippen molar-refractivity contribution in [2.24, 2.45) is 11.8 Å². The Labute approximate surface area is 80.5 Å². The van der Waals surface area contributed by atoms with E-state index in [2.05, 4.69) is 11.8 Å². The molecule has 2 aliphatic carbocycles. The van der Waals surface area contributed by atoms with Crippen molar-refractivity contribution in [2.45, 2.75) is 51.0 Å². The van der Waals surface area contributed by atoms with Crippen LogP contribution < -0.4 is 0 Å². The summed E-state index contributed by atoms with van der Waals surface area (Å²) >= 11 is 0. The number of hydrogen-bond donors (Lipinski definition) is 1. The number of fused-ring (bicyclic) bond motifs is 1. The summed E-state index contributed by atoms with van der Waals surface area (Å²) in [6, 6.07) is 0. The van der Waals surface area contributed by atoms with Gasteiger partial charge in [-0.1, -0.05) is 6.42 Å². The molecule has 13 heavy (non-hydrogen) atoms. The summed E-state index contributed by atoms with van der Waals surface area (Å²) in [4.78, 5) is 0. The quantitative estimate of drug-likeness (QED) is 0.643. The van der Waals surface area contributed by atoms with Gasteiger partial charge in [0.15, 0.2) is 0 Å². The monoisotopic (exact) mass is 178 g/mol. The van der Waals surface area contributed by atoms with Crippen molar-refractivity contribution in [2.75, 3.05) is 0 Å². The first-order valence-electron chi connectivity index (χ1n) is 5.38. The van der Waals surface area contributed by atoms with Crippen LogP contribution >= 0.6 is 0 Å². The van der Waals surface area contributed by atoms with Crippen molar-refractivity contribution in [3.63, 3.8) is 0 Å². The summed E-state index contributed by atoms with van der Waals surface area (Å²) in [6.07, 6.45) is 6.63. The predicted octanol–water partition coefficient (Wildman–Crippen LogP) is 2.34. The SMILES string of the molecule is CC#CCCC1(O)CCCC2CC21. The molecule has 0 aliphatic heterocycles. The molecule has 1 nitrogen and oxygen atoms in total. The second kappa shape index (κ2) is 3.35. The van der Waals surface area contributed by atoms with Gasteiger partial charge in [-0.3, -0.25) is 0 Å². The van der Waals surface area contributed by atoms with E-state index in [0.717, 1.165) is 25.2 Å². The Balaban J connectivity index is 1.89. The first-order chi connectivity index (χ1) is 6.26. The highest BCUT2D eigenvalue weighted by atomic mass is 16.3. The van der Waals surface area contributed by atoms with Crippen LogP contribution in [0.15, 0.2) is 0 Å². The van der Waals surface area contributed by atoms with E-state index >= 15 is 0 Å². The van der Waals surface area contributed by atoms with Gasteiger partial charge < -0.3 is 5.11 Å². The molecule has 0 aromatic rings. The van der Waals surface area contributed by atoms with Gasteiger partial charge in [-0.15, -0.1) is 11.8 Å². The third-order valence-corrected chi connectivity index (χ3v) is 3.66. The number of aliphatic hydroxyl groups is 1. The second-order valence-electron chi connectivity index (χ2n) is 4.52. The van der Waals surface area contributed by atoms with Crippen LogP contribution in [-0.2, 0) is 0 Å². The summed E-state index contributed by atoms with van der Waals surface area (Å²) in [7, 11) is 0. The Kier molecular flexibility index (Phi) is 2.34. The molecule has 72 valence electrons. The Hall–Kier alpha value is -0.480. The van der Waals surface area contributed by atoms with Gasteiger partial charge in [0.1, 0.15) is 0 Å². The van der Waals surface area contributed by atoms with Crippen molar-refractivity contribution >= 4 is 0 Å². The van der Waals surface area contributed by atoms with E-state index in [-0.39, 0.29) is 5.60 Å². The maximum atomic E-state index is 10.3. The lowest BCUT2D eigenvalue weighted by atomic mass is 9.81. The van der Waals surface area contributed by atoms with E-state index < -0.39 is 0 Å². The normalized spacial score (nSPS) is 41.7. The first kappa shape index (κ1) is 9.09. The van der Waals surface area contributed by atoms with Gasteiger partial charge in [0.05, 0.1) is 5.60 Å². The van der Waals surface area contributed by atoms with Gasteiger partial charge in [0, 0.05) is 6.42 Å². The van der Waals surface area contributed by atoms with Gasteiger partial charge in [-0.25, -0.2) is 0 Å². The molecule has 1 heteroatoms. The van der Waals surface area contributed by atoms with E-state index in [4.69, 9.17) is 0 Å². The fourth-order valence-electron chi connectivity index (χ4n) is 2.79. The van der Waals surface area contributed by atoms with Crippen LogP contribution in [0.2, 0.25) is 0 Å². The number of hydrogen-bond acceptors (Lipinski definition) is 1. The largest absolute Gasteiger partial charge is 0.390 e. The molecule has 0 aromatic heterocycles. The van der Waals surface area contributed by atoms with Crippen molar-refractivity contribution in [1.82, 2.24) is 0 Å². The first-order valence-corrected chi connectivity index (χ1v) is 5.38. The number of rotatable bonds is 2. The molecule has 2 saturated carbocycles. The summed E-state index contributed by atoms with van der Waals surface area (Å²) < 4.78 is 0. The second-order valence-corrected chi connectivity index (χ2v) is 4.52. The predicted molar refractivity (Wildman–Crippen MR) is 53.1 cm³/mol. The molecule has 2 fully saturated rings. The maximum Gasteiger partial charge on any atom is 0.0687 e. The van der Waals surface area contributed by atoms with Crippen molar-refractivity contribution in [3.8, 4) is 11.8 Å². The molecule has 0 amide bonds. The standard InChI is InChI=1S/C12H18O/c1-2-3-4-7-12(13)8-5-6-10-9-11(10)12/h10-11,13H,4-9H2,1H3. The molecule has 1 N–H and O–H groups in total. The Morgan fingerprint density at radius 1 is 1.54 bits per heavy atom. The molecule has 3 unspecified atom stereocenters. The molecule has 0 saturated heterocycles. The fraction of sp³-hybridized carbons (Fsp3) is 0.833. The van der Waals surface area contributed by atoms with Crippen LogP contribution in [0.3, 0.4) is 0 Å². The van der Waals surface area contributed by atoms with Gasteiger partial charge in [-0.05, 0) is 44.4 Å². The minimum Gasteiger partial charge on any atom is -0.390 e. The van der Waals surface area contributed by atoms with Gasteiger partial charge >= 0.3 is 0 Å². The molecule has 0 heterocycles. The molecule has 3 atom stereocenters. The van der Waals surface area contributed by atoms with Gasteiger partial charge in [0.25, 0.3) is 0 Å². The molecule has 0 spiro atoms. The van der Waals surface area contributed by atoms with Crippen LogP contribution in [0.4, 0.5) is 0 Å². The average Bonchev–Trinajstić information content (AvgIpc) is 2.85. The smallest absolute Gasteiger partial charge is 0.0687 e. The Morgan fingerprint density at radius 3 is 3.15 bits per heavy atom. The van der Waals surface area contributed by atoms with Crippen LogP contribution in [-0.4, -0.2) is 10.7 Å². The average molecular weight is 178 g/mol. The molecule has 2 rings (SSSR count). The third-order valence-electron chi connectivity index (χ3n) is 3.66. The third kappa shape index (κ3) is 1.74. The van der Waals surface area contributed by atoms with E-state index in [1.807, 2.05) is 6.92 Å². The highest BCUT2D eigenvalue weighted by Crippen LogP contribution is 2.56. The lowest BCUT2D eigenvalue weighted by molar-refractivity contribution is -0.0171. The molecule has 0 aromatic carbocycles. The van der Waals surface area contributed by atoms with E-state index in [1.54, 1.807) is 0 Å². The van der Waals surface area contributed by atoms with E-state index in [9.17, 15) is 5.11 Å². The van der Waals surface area contributed by atoms with Crippen LogP contribution in [0, 0.1) is 23.7 Å². The summed E-state index contributed by atoms with van der Waals surface area (Å²) in [5, 5.41) is 10.3. The topological polar surface area (TPSA) is 20.2 Å². The van der Waals surface area contributed by atoms with Gasteiger partial charge in [0.2, 0.25) is 0 Å². The lowest BCUT2D eigenvalue weighted by Gasteiger charge is -2.31. The zero-order valence-corrected chi connectivity index (χ0v) is 8.34. The van der Waals surface area contributed by atoms with Crippen molar-refractivity contribution in [1.29, 1.82) is 0 Å². The highest BCUT2D eigenvalue weighted by Gasteiger charge is 2.53. The molecule has 0 radical (unpaired) electrons. The molecular formula is C12H18O. The summed E-state index contributed by atoms with van der Waals surface area (Å²) in [5.74, 6) is 7.42. The minimum atomic E-state index is -0.341. The Morgan fingerprint density at radius 2 is 2.38 bits per heavy atom. The Bertz CT molecular complexity index is 248. The van der Waals surface area contributed by atoms with Crippen molar-refractivity contribution in [3.05, 3.63) is 0 Å². The van der Waals surface area contributed by atoms with E-state index in [0.29, 0.717) is 5.92 Å². The van der Waals surface area contributed by atoms with Crippen molar-refractivity contribution < 1.29 is 5.11 Å². The zero-order valence-electron chi connectivity index (χ0n) is 8.34. The molecule has 2 aliphatic rings. The summed E-state index contributed by atoms with van der Waals surface area (Å²) in [6.45, 7) is 1.87. The fourth-order valence-corrected chi connectivity index (χ4v) is 2.79. The van der Waals surface area contributed by atoms with Gasteiger partial charge in [-0.2, -0.15) is 0 Å². The van der Waals surface area contributed by atoms with Crippen LogP contribution in [0.25, 0.3) is 0 Å². The minimum absolute atomic E-state index is 0.341. The summed E-state index contributed by atoms with van der Waals surface area (Å²) in [5.41, 5.74) is -0.341. The van der Waals surface area contributed by atoms with Crippen LogP contribution in [0.1, 0.15) is 45.4 Å². The lowest BCUT2D eigenvalue weighted by Crippen LogP contribution is -2.34. The van der Waals surface area contributed by atoms with Crippen LogP contribution in [0.5, 0.6) is 0 Å². The maximum absolute atomic E-state index is 10.3. The highest BCUT2D eigenvalue weighted by molar-refractivity contribution is 5.06. The zero-order chi connectivity index (χ0) is 9.31. The molecule has 0 bridgehead atoms. The van der Waals surface area contributed by atoms with E-state index in [1.165, 1.54) is 19.3 Å². The molecular weight excluding hydrogens is 160 g/mol.